The van der Waals surface area contributed by atoms with E-state index in [4.69, 9.17) is 0 Å². The molecule has 14 heteroatoms. The van der Waals surface area contributed by atoms with E-state index in [0.29, 0.717) is 14.3 Å². The second-order valence-electron chi connectivity index (χ2n) is 11.5. The van der Waals surface area contributed by atoms with E-state index in [9.17, 15) is 26.3 Å². The Morgan fingerprint density at radius 3 is 1.02 bits per heavy atom. The maximum atomic E-state index is 12.8. The highest BCUT2D eigenvalue weighted by molar-refractivity contribution is 14.1. The maximum Gasteiger partial charge on any atom is 0.573 e. The van der Waals surface area contributed by atoms with Crippen LogP contribution in [0, 0.1) is 21.4 Å². The van der Waals surface area contributed by atoms with Gasteiger partial charge in [-0.2, -0.15) is 0 Å². The molecule has 53 heavy (non-hydrogen) atoms. The first-order valence-corrected chi connectivity index (χ1v) is 21.7. The van der Waals surface area contributed by atoms with Gasteiger partial charge in [-0.25, -0.2) is 0 Å². The van der Waals surface area contributed by atoms with Gasteiger partial charge in [-0.3, -0.25) is 0 Å². The molecule has 6 rings (SSSR count). The smallest absolute Gasteiger partial charge is 0.405 e. The van der Waals surface area contributed by atoms with Crippen LogP contribution < -0.4 is 9.47 Å². The molecule has 0 N–H and O–H groups in total. The van der Waals surface area contributed by atoms with Crippen molar-refractivity contribution < 1.29 is 35.8 Å². The lowest BCUT2D eigenvalue weighted by atomic mass is 9.96. The summed E-state index contributed by atoms with van der Waals surface area (Å²) in [6.45, 7) is 0. The number of benzene rings is 6. The summed E-state index contributed by atoms with van der Waals surface area (Å²) >= 11 is 12.4. The van der Waals surface area contributed by atoms with E-state index in [1.165, 1.54) is 12.1 Å². The first-order valence-electron chi connectivity index (χ1n) is 15.2. The van der Waals surface area contributed by atoms with Crippen LogP contribution in [0.15, 0.2) is 109 Å². The van der Waals surface area contributed by atoms with Gasteiger partial charge in [0.15, 0.2) is 0 Å². The number of hydrogen-bond donors (Lipinski definition) is 0. The second kappa shape index (κ2) is 17.2. The van der Waals surface area contributed by atoms with Crippen molar-refractivity contribution in [2.24, 2.45) is 0 Å². The van der Waals surface area contributed by atoms with Gasteiger partial charge >= 0.3 is 12.7 Å². The summed E-state index contributed by atoms with van der Waals surface area (Å²) in [4.78, 5) is 0. The molecule has 0 saturated carbocycles. The molecule has 2 nitrogen and oxygen atoms in total. The molecule has 0 radical (unpaired) electrons. The highest BCUT2D eigenvalue weighted by Crippen LogP contribution is 2.41. The third-order valence-corrected chi connectivity index (χ3v) is 16.3. The lowest BCUT2D eigenvalue weighted by Gasteiger charge is -2.15. The van der Waals surface area contributed by atoms with Crippen LogP contribution in [0.1, 0.15) is 11.1 Å². The molecular formula is C39H20F6I6O2. The molecule has 6 aromatic rings. The fraction of sp³-hybridized carbons (Fsp3) is 0.0769. The Kier molecular flexibility index (Phi) is 13.4. The summed E-state index contributed by atoms with van der Waals surface area (Å²) in [5.41, 5.74) is 10.0. The van der Waals surface area contributed by atoms with Crippen molar-refractivity contribution in [3.8, 4) is 56.0 Å². The topological polar surface area (TPSA) is 18.5 Å². The van der Waals surface area contributed by atoms with Crippen molar-refractivity contribution in [2.45, 2.75) is 19.1 Å². The molecule has 0 saturated heterocycles. The normalized spacial score (nSPS) is 11.8. The first-order chi connectivity index (χ1) is 25.0. The fourth-order valence-electron chi connectivity index (χ4n) is 5.58. The zero-order valence-electron chi connectivity index (χ0n) is 26.5. The minimum absolute atomic E-state index is 0.214. The number of rotatable bonds is 8. The van der Waals surface area contributed by atoms with Crippen LogP contribution in [0.2, 0.25) is 0 Å². The van der Waals surface area contributed by atoms with Crippen molar-refractivity contribution in [1.29, 1.82) is 0 Å². The zero-order chi connectivity index (χ0) is 38.2. The Labute approximate surface area is 383 Å². The number of ether oxygens (including phenoxy) is 2. The minimum Gasteiger partial charge on any atom is -0.405 e. The first kappa shape index (κ1) is 41.5. The van der Waals surface area contributed by atoms with E-state index in [1.54, 1.807) is 12.1 Å². The van der Waals surface area contributed by atoms with Crippen LogP contribution in [0.4, 0.5) is 26.3 Å². The monoisotopic (exact) mass is 1400 g/mol. The maximum absolute atomic E-state index is 12.8. The third-order valence-electron chi connectivity index (χ3n) is 8.05. The van der Waals surface area contributed by atoms with Gasteiger partial charge in [0.05, 0.1) is 7.14 Å². The number of hydrogen-bond acceptors (Lipinski definition) is 2. The number of alkyl halides is 6. The fourth-order valence-corrected chi connectivity index (χ4v) is 9.82. The lowest BCUT2D eigenvalue weighted by molar-refractivity contribution is -0.276. The Bertz CT molecular complexity index is 2150. The van der Waals surface area contributed by atoms with Crippen LogP contribution in [-0.4, -0.2) is 12.7 Å². The van der Waals surface area contributed by atoms with E-state index in [1.807, 2.05) is 69.4 Å². The Balaban J connectivity index is 1.13. The number of halogens is 12. The second-order valence-corrected chi connectivity index (χ2v) is 18.2. The molecule has 0 unspecified atom stereocenters. The molecule has 0 spiro atoms. The van der Waals surface area contributed by atoms with Gasteiger partial charge in [0.25, 0.3) is 0 Å². The molecule has 0 aromatic heterocycles. The largest absolute Gasteiger partial charge is 0.573 e. The van der Waals surface area contributed by atoms with Gasteiger partial charge in [0, 0.05) is 14.3 Å². The zero-order valence-corrected chi connectivity index (χ0v) is 39.4. The third kappa shape index (κ3) is 10.3. The van der Waals surface area contributed by atoms with E-state index >= 15 is 0 Å². The molecule has 0 amide bonds. The predicted molar refractivity (Wildman–Crippen MR) is 247 cm³/mol. The van der Waals surface area contributed by atoms with E-state index in [0.717, 1.165) is 69.2 Å². The Hall–Kier alpha value is -1.12. The molecule has 272 valence electrons. The minimum atomic E-state index is -4.75. The van der Waals surface area contributed by atoms with Gasteiger partial charge < -0.3 is 9.47 Å². The quantitative estimate of drug-likeness (QED) is 0.112. The summed E-state index contributed by atoms with van der Waals surface area (Å²) in [6, 6.07) is 35.0. The molecule has 0 aliphatic heterocycles. The van der Waals surface area contributed by atoms with Crippen LogP contribution in [0.3, 0.4) is 0 Å². The van der Waals surface area contributed by atoms with Crippen molar-refractivity contribution in [2.75, 3.05) is 0 Å². The van der Waals surface area contributed by atoms with Gasteiger partial charge in [0.1, 0.15) is 11.5 Å². The van der Waals surface area contributed by atoms with E-state index in [-0.39, 0.29) is 11.5 Å². The van der Waals surface area contributed by atoms with Crippen LogP contribution >= 0.6 is 136 Å². The summed E-state index contributed by atoms with van der Waals surface area (Å²) in [5, 5.41) is 0. The lowest BCUT2D eigenvalue weighted by Crippen LogP contribution is -2.18. The highest BCUT2D eigenvalue weighted by atomic mass is 127. The molecule has 0 aliphatic rings. The average Bonchev–Trinajstić information content (AvgIpc) is 3.09. The van der Waals surface area contributed by atoms with Crippen LogP contribution in [-0.2, 0) is 6.42 Å². The molecule has 0 aliphatic carbocycles. The molecule has 0 fully saturated rings. The van der Waals surface area contributed by atoms with E-state index < -0.39 is 12.7 Å². The molecule has 6 aromatic carbocycles. The summed E-state index contributed by atoms with van der Waals surface area (Å²) in [6.07, 6.45) is -8.75. The molecule has 0 heterocycles. The standard InChI is InChI=1S/C39H20F6I6O2/c40-38(41,42)52-32-15-13-28(34(48)36(32)50)26-11-9-24(18-30(26)46)22-5-1-20(2-6-22)17-21-3-7-23(8-4-21)25-10-12-27(31(47)19-25)29-14-16-33(37(51)35(29)49)53-39(43,44)45/h1-16,18-19H,17H2. The van der Waals surface area contributed by atoms with Crippen LogP contribution in [0.5, 0.6) is 11.5 Å². The Morgan fingerprint density at radius 2 is 0.698 bits per heavy atom. The molecule has 0 bridgehead atoms. The van der Waals surface area contributed by atoms with Gasteiger partial charge in [-0.05, 0) is 234 Å². The van der Waals surface area contributed by atoms with Crippen molar-refractivity contribution in [1.82, 2.24) is 0 Å². The predicted octanol–water partition coefficient (Wildman–Crippen LogP) is 15.4. The van der Waals surface area contributed by atoms with Gasteiger partial charge in [-0.1, -0.05) is 72.8 Å². The molecular weight excluding hydrogens is 1380 g/mol. The van der Waals surface area contributed by atoms with Gasteiger partial charge in [0.2, 0.25) is 0 Å². The van der Waals surface area contributed by atoms with Crippen molar-refractivity contribution in [3.05, 3.63) is 142 Å². The van der Waals surface area contributed by atoms with Crippen molar-refractivity contribution >= 4 is 136 Å². The van der Waals surface area contributed by atoms with Crippen LogP contribution in [0.25, 0.3) is 44.5 Å². The SMILES string of the molecule is FC(F)(F)Oc1ccc(-c2ccc(-c3ccc(Cc4ccc(-c5ccc(-c6ccc(OC(F)(F)F)c(I)c6I)c(I)c5)cc4)cc3)cc2I)c(I)c1I. The summed E-state index contributed by atoms with van der Waals surface area (Å²) in [5.74, 6) is -0.427. The Morgan fingerprint density at radius 1 is 0.377 bits per heavy atom. The highest BCUT2D eigenvalue weighted by Gasteiger charge is 2.33. The van der Waals surface area contributed by atoms with E-state index in [2.05, 4.69) is 161 Å². The average molecular weight is 1400 g/mol. The summed E-state index contributed by atoms with van der Waals surface area (Å²) in [7, 11) is 0. The van der Waals surface area contributed by atoms with Gasteiger partial charge in [-0.15, -0.1) is 26.3 Å². The molecule has 0 atom stereocenters. The summed E-state index contributed by atoms with van der Waals surface area (Å²) < 4.78 is 89.4. The van der Waals surface area contributed by atoms with Crippen molar-refractivity contribution in [3.63, 3.8) is 0 Å².